The lowest BCUT2D eigenvalue weighted by molar-refractivity contribution is -0.0567. The quantitative estimate of drug-likeness (QED) is 0.588. The van der Waals surface area contributed by atoms with Gasteiger partial charge in [-0.2, -0.15) is 0 Å². The molecule has 0 aromatic carbocycles. The van der Waals surface area contributed by atoms with E-state index in [1.165, 1.54) is 30.8 Å². The molecule has 1 saturated heterocycles. The summed E-state index contributed by atoms with van der Waals surface area (Å²) < 4.78 is 11.4. The summed E-state index contributed by atoms with van der Waals surface area (Å²) in [4.78, 5) is 30.9. The molecule has 1 aliphatic carbocycles. The molecule has 0 bridgehead atoms. The smallest absolute Gasteiger partial charge is 0.264 e. The summed E-state index contributed by atoms with van der Waals surface area (Å²) in [6.45, 7) is 1.77. The number of nitrogens with zero attached hydrogens (tertiary/aromatic N) is 1. The molecule has 0 radical (unpaired) electrons. The van der Waals surface area contributed by atoms with Crippen LogP contribution in [-0.4, -0.2) is 54.1 Å². The fourth-order valence-corrected chi connectivity index (χ4v) is 2.84. The zero-order valence-corrected chi connectivity index (χ0v) is 13.9. The molecule has 2 aliphatic rings. The summed E-state index contributed by atoms with van der Waals surface area (Å²) >= 11 is 1.32. The van der Waals surface area contributed by atoms with Gasteiger partial charge in [0.15, 0.2) is 5.16 Å². The van der Waals surface area contributed by atoms with Gasteiger partial charge in [0.25, 0.3) is 11.5 Å². The van der Waals surface area contributed by atoms with Crippen molar-refractivity contribution in [1.29, 1.82) is 0 Å². The molecule has 1 aromatic rings. The number of amides is 1. The van der Waals surface area contributed by atoms with E-state index in [1.54, 1.807) is 6.26 Å². The van der Waals surface area contributed by atoms with Crippen LogP contribution in [0.3, 0.4) is 0 Å². The highest BCUT2D eigenvalue weighted by molar-refractivity contribution is 7.98. The summed E-state index contributed by atoms with van der Waals surface area (Å²) in [5.41, 5.74) is -0.427. The zero-order valence-electron chi connectivity index (χ0n) is 13.0. The standard InChI is InChI=1S/C15H21N3O4S/c1-23-15-16-6-10(14(20)18-15)13(19)17-11-8-21-5-4-12(11)22-7-9-2-3-9/h6,9,11-12H,2-5,7-8H2,1H3,(H,17,19)(H,16,18,20)/t11-,12+/m1/s1. The van der Waals surface area contributed by atoms with Crippen molar-refractivity contribution in [2.45, 2.75) is 36.6 Å². The first kappa shape index (κ1) is 16.5. The minimum Gasteiger partial charge on any atom is -0.379 e. The van der Waals surface area contributed by atoms with Crippen molar-refractivity contribution in [3.63, 3.8) is 0 Å². The number of H-pyrrole nitrogens is 1. The van der Waals surface area contributed by atoms with Crippen molar-refractivity contribution in [1.82, 2.24) is 15.3 Å². The third kappa shape index (κ3) is 4.33. The Kier molecular flexibility index (Phi) is 5.34. The Hall–Kier alpha value is -1.38. The highest BCUT2D eigenvalue weighted by atomic mass is 32.2. The van der Waals surface area contributed by atoms with E-state index in [0.29, 0.717) is 24.3 Å². The lowest BCUT2D eigenvalue weighted by atomic mass is 10.1. The minimum absolute atomic E-state index is 0.00863. The van der Waals surface area contributed by atoms with Crippen LogP contribution >= 0.6 is 11.8 Å². The molecule has 1 amide bonds. The molecule has 23 heavy (non-hydrogen) atoms. The molecule has 1 aliphatic heterocycles. The highest BCUT2D eigenvalue weighted by Gasteiger charge is 2.31. The van der Waals surface area contributed by atoms with Crippen LogP contribution < -0.4 is 10.9 Å². The summed E-state index contributed by atoms with van der Waals surface area (Å²) in [5.74, 6) is 0.224. The predicted molar refractivity (Wildman–Crippen MR) is 85.8 cm³/mol. The van der Waals surface area contributed by atoms with E-state index in [9.17, 15) is 9.59 Å². The molecule has 1 aromatic heterocycles. The maximum Gasteiger partial charge on any atom is 0.264 e. The minimum atomic E-state index is -0.443. The molecule has 2 atom stereocenters. The van der Waals surface area contributed by atoms with Crippen LogP contribution in [-0.2, 0) is 9.47 Å². The van der Waals surface area contributed by atoms with Crippen molar-refractivity contribution in [2.75, 3.05) is 26.1 Å². The first-order valence-corrected chi connectivity index (χ1v) is 9.03. The maximum atomic E-state index is 12.3. The molecule has 2 N–H and O–H groups in total. The zero-order chi connectivity index (χ0) is 16.2. The Bertz CT molecular complexity index is 617. The van der Waals surface area contributed by atoms with Crippen LogP contribution in [0.4, 0.5) is 0 Å². The third-order valence-electron chi connectivity index (χ3n) is 4.07. The van der Waals surface area contributed by atoms with Crippen LogP contribution in [0.5, 0.6) is 0 Å². The lowest BCUT2D eigenvalue weighted by Gasteiger charge is -2.32. The Morgan fingerprint density at radius 2 is 2.35 bits per heavy atom. The van der Waals surface area contributed by atoms with E-state index in [-0.39, 0.29) is 17.7 Å². The lowest BCUT2D eigenvalue weighted by Crippen LogP contribution is -2.51. The van der Waals surface area contributed by atoms with Gasteiger partial charge >= 0.3 is 0 Å². The summed E-state index contributed by atoms with van der Waals surface area (Å²) in [6.07, 6.45) is 6.25. The van der Waals surface area contributed by atoms with E-state index >= 15 is 0 Å². The average molecular weight is 339 g/mol. The SMILES string of the molecule is CSc1ncc(C(=O)N[C@@H]2COCC[C@@H]2OCC2CC2)c(=O)[nH]1. The number of thioether (sulfide) groups is 1. The number of hydrogen-bond acceptors (Lipinski definition) is 6. The monoisotopic (exact) mass is 339 g/mol. The van der Waals surface area contributed by atoms with Crippen LogP contribution in [0, 0.1) is 5.92 Å². The van der Waals surface area contributed by atoms with E-state index in [2.05, 4.69) is 15.3 Å². The van der Waals surface area contributed by atoms with Gasteiger partial charge in [0.1, 0.15) is 5.56 Å². The number of carbonyl (C=O) groups is 1. The molecule has 7 nitrogen and oxygen atoms in total. The second-order valence-corrected chi connectivity index (χ2v) is 6.69. The fraction of sp³-hybridized carbons (Fsp3) is 0.667. The first-order valence-electron chi connectivity index (χ1n) is 7.81. The van der Waals surface area contributed by atoms with Crippen molar-refractivity contribution < 1.29 is 14.3 Å². The summed E-state index contributed by atoms with van der Waals surface area (Å²) in [7, 11) is 0. The van der Waals surface area contributed by atoms with Crippen LogP contribution in [0.15, 0.2) is 16.1 Å². The summed E-state index contributed by atoms with van der Waals surface area (Å²) in [5, 5.41) is 3.34. The molecule has 1 saturated carbocycles. The fourth-order valence-electron chi connectivity index (χ4n) is 2.49. The Morgan fingerprint density at radius 3 is 3.04 bits per heavy atom. The summed E-state index contributed by atoms with van der Waals surface area (Å²) in [6, 6.07) is -0.241. The first-order chi connectivity index (χ1) is 11.2. The molecule has 2 heterocycles. The second-order valence-electron chi connectivity index (χ2n) is 5.89. The Morgan fingerprint density at radius 1 is 1.52 bits per heavy atom. The highest BCUT2D eigenvalue weighted by Crippen LogP contribution is 2.30. The van der Waals surface area contributed by atoms with Crippen LogP contribution in [0.2, 0.25) is 0 Å². The Balaban J connectivity index is 1.63. The van der Waals surface area contributed by atoms with E-state index in [4.69, 9.17) is 9.47 Å². The van der Waals surface area contributed by atoms with Crippen LogP contribution in [0.1, 0.15) is 29.6 Å². The van der Waals surface area contributed by atoms with Crippen molar-refractivity contribution in [2.24, 2.45) is 5.92 Å². The molecule has 126 valence electrons. The molecule has 0 spiro atoms. The molecule has 2 fully saturated rings. The molecule has 3 rings (SSSR count). The molecular weight excluding hydrogens is 318 g/mol. The number of ether oxygens (including phenoxy) is 2. The van der Waals surface area contributed by atoms with Crippen molar-refractivity contribution in [3.05, 3.63) is 22.1 Å². The molecule has 0 unspecified atom stereocenters. The van der Waals surface area contributed by atoms with Gasteiger partial charge in [-0.25, -0.2) is 4.98 Å². The van der Waals surface area contributed by atoms with Gasteiger partial charge in [-0.15, -0.1) is 0 Å². The van der Waals surface area contributed by atoms with Gasteiger partial charge in [0.2, 0.25) is 0 Å². The topological polar surface area (TPSA) is 93.3 Å². The largest absolute Gasteiger partial charge is 0.379 e. The normalized spacial score (nSPS) is 24.4. The number of aromatic amines is 1. The van der Waals surface area contributed by atoms with Crippen molar-refractivity contribution in [3.8, 4) is 0 Å². The van der Waals surface area contributed by atoms with Gasteiger partial charge in [-0.1, -0.05) is 11.8 Å². The Labute approximate surface area is 138 Å². The second kappa shape index (κ2) is 7.46. The third-order valence-corrected chi connectivity index (χ3v) is 4.66. The van der Waals surface area contributed by atoms with Crippen molar-refractivity contribution >= 4 is 17.7 Å². The van der Waals surface area contributed by atoms with Gasteiger partial charge in [-0.05, 0) is 31.4 Å². The number of rotatable bonds is 6. The van der Waals surface area contributed by atoms with Crippen LogP contribution in [0.25, 0.3) is 0 Å². The predicted octanol–water partition coefficient (Wildman–Crippen LogP) is 0.806. The maximum absolute atomic E-state index is 12.3. The van der Waals surface area contributed by atoms with Gasteiger partial charge in [0, 0.05) is 19.4 Å². The average Bonchev–Trinajstić information content (AvgIpc) is 3.38. The number of hydrogen-bond donors (Lipinski definition) is 2. The molecular formula is C15H21N3O4S. The van der Waals surface area contributed by atoms with E-state index < -0.39 is 11.5 Å². The van der Waals surface area contributed by atoms with Gasteiger partial charge in [-0.3, -0.25) is 9.59 Å². The molecule has 8 heteroatoms. The number of carbonyl (C=O) groups excluding carboxylic acids is 1. The van der Waals surface area contributed by atoms with Gasteiger partial charge in [0.05, 0.1) is 18.8 Å². The van der Waals surface area contributed by atoms with E-state index in [1.807, 2.05) is 0 Å². The van der Waals surface area contributed by atoms with Gasteiger partial charge < -0.3 is 19.8 Å². The van der Waals surface area contributed by atoms with E-state index in [0.717, 1.165) is 13.0 Å². The number of aromatic nitrogens is 2. The number of nitrogens with one attached hydrogen (secondary N) is 2.